The predicted molar refractivity (Wildman–Crippen MR) is 81.0 cm³/mol. The van der Waals surface area contributed by atoms with Gasteiger partial charge in [0.05, 0.1) is 17.8 Å². The minimum atomic E-state index is -0.191. The third kappa shape index (κ3) is 2.81. The van der Waals surface area contributed by atoms with Crippen molar-refractivity contribution in [1.29, 1.82) is 0 Å². The minimum Gasteiger partial charge on any atom is -0.466 e. The first kappa shape index (κ1) is 14.6. The Morgan fingerprint density at radius 3 is 2.91 bits per heavy atom. The standard InChI is InChI=1S/C16H19N3O3/c1-10-8-13(11(2)22-10)16(21)17-6-7-19-15(20)9-12-4-3-5-14(12)18-19/h8-9H,3-7H2,1-2H3,(H,17,21). The molecule has 0 aliphatic heterocycles. The van der Waals surface area contributed by atoms with Crippen LogP contribution in [-0.2, 0) is 19.4 Å². The van der Waals surface area contributed by atoms with Gasteiger partial charge in [0.25, 0.3) is 11.5 Å². The summed E-state index contributed by atoms with van der Waals surface area (Å²) < 4.78 is 6.77. The molecule has 0 aromatic carbocycles. The number of fused-ring (bicyclic) bond motifs is 1. The summed E-state index contributed by atoms with van der Waals surface area (Å²) in [7, 11) is 0. The van der Waals surface area contributed by atoms with E-state index in [1.165, 1.54) is 4.68 Å². The van der Waals surface area contributed by atoms with Gasteiger partial charge in [-0.25, -0.2) is 4.68 Å². The molecule has 3 rings (SSSR count). The van der Waals surface area contributed by atoms with E-state index in [0.717, 1.165) is 30.5 Å². The summed E-state index contributed by atoms with van der Waals surface area (Å²) >= 11 is 0. The fraction of sp³-hybridized carbons (Fsp3) is 0.438. The molecule has 6 nitrogen and oxygen atoms in total. The summed E-state index contributed by atoms with van der Waals surface area (Å²) in [6.45, 7) is 4.29. The first-order valence-corrected chi connectivity index (χ1v) is 7.50. The zero-order valence-electron chi connectivity index (χ0n) is 12.8. The zero-order valence-corrected chi connectivity index (χ0v) is 12.8. The van der Waals surface area contributed by atoms with Crippen LogP contribution < -0.4 is 10.9 Å². The van der Waals surface area contributed by atoms with Crippen LogP contribution >= 0.6 is 0 Å². The second kappa shape index (κ2) is 5.79. The number of hydrogen-bond acceptors (Lipinski definition) is 4. The molecule has 116 valence electrons. The average Bonchev–Trinajstić information content (AvgIpc) is 3.04. The van der Waals surface area contributed by atoms with Crippen molar-refractivity contribution in [3.05, 3.63) is 50.8 Å². The summed E-state index contributed by atoms with van der Waals surface area (Å²) in [4.78, 5) is 24.0. The normalized spacial score (nSPS) is 13.2. The molecule has 2 aromatic rings. The van der Waals surface area contributed by atoms with Crippen LogP contribution in [0.25, 0.3) is 0 Å². The van der Waals surface area contributed by atoms with Gasteiger partial charge in [0.2, 0.25) is 0 Å². The summed E-state index contributed by atoms with van der Waals surface area (Å²) in [5.41, 5.74) is 2.50. The Kier molecular flexibility index (Phi) is 3.83. The monoisotopic (exact) mass is 301 g/mol. The Morgan fingerprint density at radius 2 is 2.18 bits per heavy atom. The van der Waals surface area contributed by atoms with E-state index in [0.29, 0.717) is 30.2 Å². The number of rotatable bonds is 4. The van der Waals surface area contributed by atoms with Crippen LogP contribution in [0.5, 0.6) is 0 Å². The third-order valence-corrected chi connectivity index (χ3v) is 3.92. The second-order valence-corrected chi connectivity index (χ2v) is 5.61. The quantitative estimate of drug-likeness (QED) is 0.925. The number of nitrogens with zero attached hydrogens (tertiary/aromatic N) is 2. The molecule has 0 saturated carbocycles. The number of carbonyl (C=O) groups is 1. The third-order valence-electron chi connectivity index (χ3n) is 3.92. The molecular weight excluding hydrogens is 282 g/mol. The Morgan fingerprint density at radius 1 is 1.36 bits per heavy atom. The molecule has 1 aliphatic carbocycles. The first-order valence-electron chi connectivity index (χ1n) is 7.50. The molecule has 2 aromatic heterocycles. The van der Waals surface area contributed by atoms with Gasteiger partial charge >= 0.3 is 0 Å². The molecule has 0 radical (unpaired) electrons. The summed E-state index contributed by atoms with van der Waals surface area (Å²) in [6.07, 6.45) is 2.92. The van der Waals surface area contributed by atoms with E-state index in [1.54, 1.807) is 26.0 Å². The SMILES string of the molecule is Cc1cc(C(=O)NCCn2nc3c(cc2=O)CCC3)c(C)o1. The summed E-state index contributed by atoms with van der Waals surface area (Å²) in [6, 6.07) is 3.38. The van der Waals surface area contributed by atoms with Gasteiger partial charge in [-0.2, -0.15) is 5.10 Å². The molecule has 2 heterocycles. The summed E-state index contributed by atoms with van der Waals surface area (Å²) in [5, 5.41) is 7.18. The van der Waals surface area contributed by atoms with Crippen molar-refractivity contribution >= 4 is 5.91 Å². The predicted octanol–water partition coefficient (Wildman–Crippen LogP) is 1.37. The number of carbonyl (C=O) groups excluding carboxylic acids is 1. The van der Waals surface area contributed by atoms with Gasteiger partial charge in [-0.05, 0) is 44.7 Å². The molecule has 1 aliphatic rings. The van der Waals surface area contributed by atoms with Crippen LogP contribution in [0.15, 0.2) is 21.3 Å². The van der Waals surface area contributed by atoms with Crippen LogP contribution in [0, 0.1) is 13.8 Å². The number of furan rings is 1. The van der Waals surface area contributed by atoms with E-state index in [1.807, 2.05) is 0 Å². The number of nitrogens with one attached hydrogen (secondary N) is 1. The lowest BCUT2D eigenvalue weighted by atomic mass is 10.2. The van der Waals surface area contributed by atoms with Gasteiger partial charge in [0.15, 0.2) is 0 Å². The highest BCUT2D eigenvalue weighted by molar-refractivity contribution is 5.95. The highest BCUT2D eigenvalue weighted by atomic mass is 16.3. The van der Waals surface area contributed by atoms with Crippen molar-refractivity contribution in [2.24, 2.45) is 0 Å². The number of hydrogen-bond donors (Lipinski definition) is 1. The fourth-order valence-corrected chi connectivity index (χ4v) is 2.83. The van der Waals surface area contributed by atoms with E-state index in [4.69, 9.17) is 4.42 Å². The molecule has 0 atom stereocenters. The molecule has 0 saturated heterocycles. The van der Waals surface area contributed by atoms with Gasteiger partial charge in [-0.3, -0.25) is 9.59 Å². The Hall–Kier alpha value is -2.37. The smallest absolute Gasteiger partial charge is 0.267 e. The highest BCUT2D eigenvalue weighted by Crippen LogP contribution is 2.17. The molecule has 6 heteroatoms. The van der Waals surface area contributed by atoms with Gasteiger partial charge in [-0.15, -0.1) is 0 Å². The van der Waals surface area contributed by atoms with Crippen LogP contribution in [0.2, 0.25) is 0 Å². The number of aromatic nitrogens is 2. The molecular formula is C16H19N3O3. The average molecular weight is 301 g/mol. The largest absolute Gasteiger partial charge is 0.466 e. The lowest BCUT2D eigenvalue weighted by Crippen LogP contribution is -2.32. The zero-order chi connectivity index (χ0) is 15.7. The maximum Gasteiger partial charge on any atom is 0.267 e. The maximum absolute atomic E-state index is 12.1. The Balaban J connectivity index is 1.63. The van der Waals surface area contributed by atoms with Crippen LogP contribution in [0.4, 0.5) is 0 Å². The summed E-state index contributed by atoms with van der Waals surface area (Å²) in [5.74, 6) is 1.12. The van der Waals surface area contributed by atoms with Crippen LogP contribution in [0.1, 0.15) is 39.6 Å². The fourth-order valence-electron chi connectivity index (χ4n) is 2.83. The van der Waals surface area contributed by atoms with E-state index < -0.39 is 0 Å². The molecule has 1 N–H and O–H groups in total. The lowest BCUT2D eigenvalue weighted by Gasteiger charge is -2.08. The van der Waals surface area contributed by atoms with E-state index >= 15 is 0 Å². The van der Waals surface area contributed by atoms with Crippen molar-refractivity contribution in [2.45, 2.75) is 39.7 Å². The Labute approximate surface area is 128 Å². The van der Waals surface area contributed by atoms with Crippen molar-refractivity contribution in [3.63, 3.8) is 0 Å². The molecule has 1 amide bonds. The van der Waals surface area contributed by atoms with Crippen molar-refractivity contribution in [2.75, 3.05) is 6.54 Å². The van der Waals surface area contributed by atoms with Gasteiger partial charge < -0.3 is 9.73 Å². The lowest BCUT2D eigenvalue weighted by molar-refractivity contribution is 0.0950. The van der Waals surface area contributed by atoms with Crippen molar-refractivity contribution in [3.8, 4) is 0 Å². The number of aryl methyl sites for hydroxylation is 4. The van der Waals surface area contributed by atoms with Gasteiger partial charge in [0.1, 0.15) is 11.5 Å². The van der Waals surface area contributed by atoms with E-state index in [2.05, 4.69) is 10.4 Å². The highest BCUT2D eigenvalue weighted by Gasteiger charge is 2.15. The first-order chi connectivity index (χ1) is 10.5. The van der Waals surface area contributed by atoms with Gasteiger partial charge in [0, 0.05) is 12.6 Å². The molecule has 0 bridgehead atoms. The second-order valence-electron chi connectivity index (χ2n) is 5.61. The maximum atomic E-state index is 12.1. The molecule has 22 heavy (non-hydrogen) atoms. The topological polar surface area (TPSA) is 77.1 Å². The number of amides is 1. The van der Waals surface area contributed by atoms with Crippen molar-refractivity contribution in [1.82, 2.24) is 15.1 Å². The Bertz CT molecular complexity index is 773. The van der Waals surface area contributed by atoms with Gasteiger partial charge in [-0.1, -0.05) is 0 Å². The minimum absolute atomic E-state index is 0.106. The van der Waals surface area contributed by atoms with Crippen LogP contribution in [0.3, 0.4) is 0 Å². The van der Waals surface area contributed by atoms with Crippen LogP contribution in [-0.4, -0.2) is 22.2 Å². The van der Waals surface area contributed by atoms with E-state index in [9.17, 15) is 9.59 Å². The molecule has 0 spiro atoms. The molecule has 0 unspecified atom stereocenters. The molecule has 0 fully saturated rings. The van der Waals surface area contributed by atoms with Crippen molar-refractivity contribution < 1.29 is 9.21 Å². The van der Waals surface area contributed by atoms with E-state index in [-0.39, 0.29) is 11.5 Å².